The third-order valence-corrected chi connectivity index (χ3v) is 4.51. The third-order valence-electron chi connectivity index (χ3n) is 4.51. The number of hydrogen-bond acceptors (Lipinski definition) is 2. The standard InChI is InChI=1S/C16H20O2/c1-10-7-11(2)14-8-12(10)9-18-16(14)13-5-3-4-6-15(13)17/h3-7,10,12,14,16-17H,8-9H2,1-2H3/t10-,12-,14+,16+/m1/s1. The van der Waals surface area contributed by atoms with Crippen molar-refractivity contribution in [3.05, 3.63) is 41.5 Å². The maximum Gasteiger partial charge on any atom is 0.121 e. The molecule has 0 amide bonds. The molecule has 1 aromatic carbocycles. The molecule has 0 radical (unpaired) electrons. The van der Waals surface area contributed by atoms with E-state index in [2.05, 4.69) is 19.9 Å². The number of allylic oxidation sites excluding steroid dienone is 1. The number of benzene rings is 1. The number of phenolic OH excluding ortho intramolecular Hbond substituents is 1. The van der Waals surface area contributed by atoms with Crippen molar-refractivity contribution >= 4 is 0 Å². The molecule has 2 heteroatoms. The molecule has 4 atom stereocenters. The zero-order valence-corrected chi connectivity index (χ0v) is 11.0. The van der Waals surface area contributed by atoms with Gasteiger partial charge in [0.25, 0.3) is 0 Å². The van der Waals surface area contributed by atoms with E-state index >= 15 is 0 Å². The van der Waals surface area contributed by atoms with Crippen LogP contribution in [0.3, 0.4) is 0 Å². The van der Waals surface area contributed by atoms with E-state index in [1.165, 1.54) is 12.0 Å². The van der Waals surface area contributed by atoms with Gasteiger partial charge < -0.3 is 9.84 Å². The number of hydrogen-bond donors (Lipinski definition) is 1. The van der Waals surface area contributed by atoms with Crippen molar-refractivity contribution in [1.82, 2.24) is 0 Å². The zero-order valence-electron chi connectivity index (χ0n) is 11.0. The quantitative estimate of drug-likeness (QED) is 0.764. The van der Waals surface area contributed by atoms with Gasteiger partial charge >= 0.3 is 0 Å². The number of ether oxygens (including phenoxy) is 1. The lowest BCUT2D eigenvalue weighted by molar-refractivity contribution is -0.0627. The van der Waals surface area contributed by atoms with Crippen molar-refractivity contribution in [3.8, 4) is 5.75 Å². The Bertz CT molecular complexity index is 478. The fourth-order valence-corrected chi connectivity index (χ4v) is 3.36. The molecule has 2 aliphatic rings. The summed E-state index contributed by atoms with van der Waals surface area (Å²) in [6.45, 7) is 5.27. The van der Waals surface area contributed by atoms with Crippen LogP contribution < -0.4 is 0 Å². The van der Waals surface area contributed by atoms with Crippen molar-refractivity contribution in [1.29, 1.82) is 0 Å². The van der Waals surface area contributed by atoms with Gasteiger partial charge in [0.1, 0.15) is 5.75 Å². The summed E-state index contributed by atoms with van der Waals surface area (Å²) in [5.74, 6) is 2.04. The molecule has 2 nitrogen and oxygen atoms in total. The molecule has 18 heavy (non-hydrogen) atoms. The Labute approximate surface area is 108 Å². The first-order valence-corrected chi connectivity index (χ1v) is 6.74. The minimum atomic E-state index is 0.0196. The minimum Gasteiger partial charge on any atom is -0.508 e. The van der Waals surface area contributed by atoms with Crippen molar-refractivity contribution in [2.75, 3.05) is 6.61 Å². The van der Waals surface area contributed by atoms with E-state index in [4.69, 9.17) is 4.74 Å². The highest BCUT2D eigenvalue weighted by Gasteiger charge is 2.38. The Morgan fingerprint density at radius 3 is 2.83 bits per heavy atom. The van der Waals surface area contributed by atoms with Crippen LogP contribution in [0.25, 0.3) is 0 Å². The van der Waals surface area contributed by atoms with Crippen molar-refractivity contribution < 1.29 is 9.84 Å². The summed E-state index contributed by atoms with van der Waals surface area (Å²) in [5, 5.41) is 10.00. The lowest BCUT2D eigenvalue weighted by Crippen LogP contribution is -2.35. The Hall–Kier alpha value is -1.28. The smallest absolute Gasteiger partial charge is 0.121 e. The van der Waals surface area contributed by atoms with Gasteiger partial charge in [0.05, 0.1) is 12.7 Å². The average molecular weight is 244 g/mol. The second kappa shape index (κ2) is 4.43. The van der Waals surface area contributed by atoms with Gasteiger partial charge in [-0.05, 0) is 31.2 Å². The third kappa shape index (κ3) is 1.85. The molecule has 1 heterocycles. The van der Waals surface area contributed by atoms with Crippen LogP contribution in [-0.4, -0.2) is 11.7 Å². The van der Waals surface area contributed by atoms with Crippen molar-refractivity contribution in [2.45, 2.75) is 26.4 Å². The Kier molecular flexibility index (Phi) is 2.90. The maximum absolute atomic E-state index is 10.00. The predicted molar refractivity (Wildman–Crippen MR) is 71.3 cm³/mol. The van der Waals surface area contributed by atoms with E-state index in [1.54, 1.807) is 6.07 Å². The first kappa shape index (κ1) is 11.8. The molecule has 1 saturated heterocycles. The molecule has 3 rings (SSSR count). The molecular formula is C16H20O2. The van der Waals surface area contributed by atoms with Crippen LogP contribution >= 0.6 is 0 Å². The van der Waals surface area contributed by atoms with E-state index in [1.807, 2.05) is 18.2 Å². The molecule has 0 spiro atoms. The zero-order chi connectivity index (χ0) is 12.7. The summed E-state index contributed by atoms with van der Waals surface area (Å²) in [6, 6.07) is 7.55. The highest BCUT2D eigenvalue weighted by molar-refractivity contribution is 5.36. The van der Waals surface area contributed by atoms with Crippen LogP contribution in [0.1, 0.15) is 31.9 Å². The van der Waals surface area contributed by atoms with Crippen LogP contribution in [0, 0.1) is 17.8 Å². The van der Waals surface area contributed by atoms with E-state index in [0.29, 0.717) is 23.5 Å². The second-order valence-corrected chi connectivity index (χ2v) is 5.68. The Balaban J connectivity index is 1.96. The van der Waals surface area contributed by atoms with Gasteiger partial charge in [-0.3, -0.25) is 0 Å². The SMILES string of the molecule is CC1=C[C@@H](C)[C@H]2CO[C@@H](c3ccccc3O)[C@H]1C2. The van der Waals surface area contributed by atoms with Gasteiger partial charge in [-0.25, -0.2) is 0 Å². The van der Waals surface area contributed by atoms with E-state index in [9.17, 15) is 5.11 Å². The highest BCUT2D eigenvalue weighted by Crippen LogP contribution is 2.47. The average Bonchev–Trinajstić information content (AvgIpc) is 2.37. The van der Waals surface area contributed by atoms with Gasteiger partial charge in [0.2, 0.25) is 0 Å². The predicted octanol–water partition coefficient (Wildman–Crippen LogP) is 3.68. The van der Waals surface area contributed by atoms with Crippen LogP contribution in [0.4, 0.5) is 0 Å². The van der Waals surface area contributed by atoms with E-state index in [-0.39, 0.29) is 6.10 Å². The minimum absolute atomic E-state index is 0.0196. The van der Waals surface area contributed by atoms with Gasteiger partial charge in [0, 0.05) is 11.5 Å². The Morgan fingerprint density at radius 1 is 1.28 bits per heavy atom. The van der Waals surface area contributed by atoms with Crippen LogP contribution in [0.2, 0.25) is 0 Å². The lowest BCUT2D eigenvalue weighted by Gasteiger charge is -2.42. The van der Waals surface area contributed by atoms with E-state index in [0.717, 1.165) is 12.2 Å². The Morgan fingerprint density at radius 2 is 2.06 bits per heavy atom. The number of phenols is 1. The summed E-state index contributed by atoms with van der Waals surface area (Å²) in [6.07, 6.45) is 3.59. The first-order valence-electron chi connectivity index (χ1n) is 6.74. The summed E-state index contributed by atoms with van der Waals surface area (Å²) >= 11 is 0. The topological polar surface area (TPSA) is 29.5 Å². The maximum atomic E-state index is 10.00. The van der Waals surface area contributed by atoms with Crippen LogP contribution in [-0.2, 0) is 4.74 Å². The highest BCUT2D eigenvalue weighted by atomic mass is 16.5. The van der Waals surface area contributed by atoms with Gasteiger partial charge in [0.15, 0.2) is 0 Å². The molecule has 96 valence electrons. The molecule has 1 N–H and O–H groups in total. The van der Waals surface area contributed by atoms with Gasteiger partial charge in [-0.2, -0.15) is 0 Å². The largest absolute Gasteiger partial charge is 0.508 e. The summed E-state index contributed by atoms with van der Waals surface area (Å²) in [4.78, 5) is 0. The van der Waals surface area contributed by atoms with Crippen LogP contribution in [0.5, 0.6) is 5.75 Å². The summed E-state index contributed by atoms with van der Waals surface area (Å²) < 4.78 is 6.05. The molecule has 0 aromatic heterocycles. The fraction of sp³-hybridized carbons (Fsp3) is 0.500. The number of rotatable bonds is 1. The van der Waals surface area contributed by atoms with E-state index < -0.39 is 0 Å². The normalized spacial score (nSPS) is 35.1. The molecule has 1 fully saturated rings. The number of aromatic hydroxyl groups is 1. The summed E-state index contributed by atoms with van der Waals surface area (Å²) in [5.41, 5.74) is 2.34. The monoisotopic (exact) mass is 244 g/mol. The second-order valence-electron chi connectivity index (χ2n) is 5.68. The van der Waals surface area contributed by atoms with Crippen LogP contribution in [0.15, 0.2) is 35.9 Å². The molecular weight excluding hydrogens is 224 g/mol. The first-order chi connectivity index (χ1) is 8.66. The molecule has 0 saturated carbocycles. The fourth-order valence-electron chi connectivity index (χ4n) is 3.36. The van der Waals surface area contributed by atoms with Gasteiger partial charge in [-0.1, -0.05) is 36.8 Å². The molecule has 1 aromatic rings. The molecule has 1 aliphatic heterocycles. The van der Waals surface area contributed by atoms with Gasteiger partial charge in [-0.15, -0.1) is 0 Å². The van der Waals surface area contributed by atoms with Crippen molar-refractivity contribution in [2.24, 2.45) is 17.8 Å². The summed E-state index contributed by atoms with van der Waals surface area (Å²) in [7, 11) is 0. The molecule has 0 unspecified atom stereocenters. The number of fused-ring (bicyclic) bond motifs is 2. The molecule has 2 bridgehead atoms. The van der Waals surface area contributed by atoms with Crippen molar-refractivity contribution in [3.63, 3.8) is 0 Å². The molecule has 1 aliphatic carbocycles. The number of para-hydroxylation sites is 1. The lowest BCUT2D eigenvalue weighted by atomic mass is 9.71.